The first-order valence-corrected chi connectivity index (χ1v) is 4.35. The SMILES string of the molecule is C[CH]CC(I)C(C)C. The smallest absolute Gasteiger partial charge is 0.0135 e. The Bertz CT molecular complexity index is 50.3. The van der Waals surface area contributed by atoms with E-state index < -0.39 is 0 Å². The van der Waals surface area contributed by atoms with E-state index in [9.17, 15) is 0 Å². The fourth-order valence-electron chi connectivity index (χ4n) is 0.497. The molecule has 0 fully saturated rings. The van der Waals surface area contributed by atoms with Crippen molar-refractivity contribution in [3.05, 3.63) is 6.42 Å². The van der Waals surface area contributed by atoms with Gasteiger partial charge < -0.3 is 0 Å². The van der Waals surface area contributed by atoms with Crippen LogP contribution in [0.4, 0.5) is 0 Å². The van der Waals surface area contributed by atoms with Crippen molar-refractivity contribution in [1.82, 2.24) is 0 Å². The third kappa shape index (κ3) is 3.70. The maximum atomic E-state index is 2.50. The number of hydrogen-bond acceptors (Lipinski definition) is 0. The van der Waals surface area contributed by atoms with Gasteiger partial charge in [0.15, 0.2) is 0 Å². The van der Waals surface area contributed by atoms with Crippen molar-refractivity contribution in [2.75, 3.05) is 0 Å². The Morgan fingerprint density at radius 1 is 1.50 bits per heavy atom. The summed E-state index contributed by atoms with van der Waals surface area (Å²) in [5, 5.41) is 0. The number of alkyl halides is 1. The lowest BCUT2D eigenvalue weighted by Crippen LogP contribution is -2.05. The molecule has 1 radical (unpaired) electrons. The third-order valence-electron chi connectivity index (χ3n) is 1.18. The first kappa shape index (κ1) is 8.73. The van der Waals surface area contributed by atoms with Gasteiger partial charge in [-0.05, 0) is 18.8 Å². The number of halogens is 1. The molecular formula is C7H14I. The summed E-state index contributed by atoms with van der Waals surface area (Å²) in [5.74, 6) is 0.826. The van der Waals surface area contributed by atoms with E-state index >= 15 is 0 Å². The highest BCUT2D eigenvalue weighted by molar-refractivity contribution is 14.1. The van der Waals surface area contributed by atoms with Crippen molar-refractivity contribution in [2.45, 2.75) is 31.1 Å². The molecule has 0 aromatic heterocycles. The summed E-state index contributed by atoms with van der Waals surface area (Å²) in [5.41, 5.74) is 0. The van der Waals surface area contributed by atoms with Gasteiger partial charge in [-0.2, -0.15) is 0 Å². The molecule has 8 heavy (non-hydrogen) atoms. The average molecular weight is 225 g/mol. The molecule has 0 nitrogen and oxygen atoms in total. The number of hydrogen-bond donors (Lipinski definition) is 0. The normalized spacial score (nSPS) is 14.6. The predicted molar refractivity (Wildman–Crippen MR) is 47.2 cm³/mol. The van der Waals surface area contributed by atoms with Gasteiger partial charge in [0.1, 0.15) is 0 Å². The Kier molecular flexibility index (Phi) is 5.01. The van der Waals surface area contributed by atoms with Crippen molar-refractivity contribution < 1.29 is 0 Å². The standard InChI is InChI=1S/C7H14I/c1-4-5-7(8)6(2)3/h4,6-7H,5H2,1-3H3. The maximum absolute atomic E-state index is 2.50. The molecule has 0 aliphatic carbocycles. The minimum atomic E-state index is 0.826. The summed E-state index contributed by atoms with van der Waals surface area (Å²) >= 11 is 2.50. The van der Waals surface area contributed by atoms with Crippen molar-refractivity contribution in [2.24, 2.45) is 5.92 Å². The molecule has 0 saturated heterocycles. The van der Waals surface area contributed by atoms with Crippen molar-refractivity contribution in [3.8, 4) is 0 Å². The highest BCUT2D eigenvalue weighted by Gasteiger charge is 2.05. The second-order valence-electron chi connectivity index (χ2n) is 2.40. The van der Waals surface area contributed by atoms with Crippen LogP contribution < -0.4 is 0 Å². The van der Waals surface area contributed by atoms with E-state index in [-0.39, 0.29) is 0 Å². The van der Waals surface area contributed by atoms with Crippen LogP contribution in [0, 0.1) is 12.3 Å². The highest BCUT2D eigenvalue weighted by atomic mass is 127. The third-order valence-corrected chi connectivity index (χ3v) is 3.13. The molecule has 0 amide bonds. The molecule has 0 heterocycles. The summed E-state index contributed by atoms with van der Waals surface area (Å²) in [7, 11) is 0. The van der Waals surface area contributed by atoms with E-state index in [1.165, 1.54) is 6.42 Å². The minimum Gasteiger partial charge on any atom is -0.0823 e. The molecule has 0 aromatic carbocycles. The van der Waals surface area contributed by atoms with E-state index in [2.05, 4.69) is 49.8 Å². The molecule has 0 aromatic rings. The predicted octanol–water partition coefficient (Wildman–Crippen LogP) is 3.06. The Labute approximate surface area is 66.2 Å². The topological polar surface area (TPSA) is 0 Å². The second kappa shape index (κ2) is 4.59. The molecule has 1 atom stereocenters. The van der Waals surface area contributed by atoms with Gasteiger partial charge in [0.2, 0.25) is 0 Å². The van der Waals surface area contributed by atoms with E-state index in [4.69, 9.17) is 0 Å². The zero-order valence-electron chi connectivity index (χ0n) is 5.82. The highest BCUT2D eigenvalue weighted by Crippen LogP contribution is 2.16. The van der Waals surface area contributed by atoms with Crippen molar-refractivity contribution in [3.63, 3.8) is 0 Å². The maximum Gasteiger partial charge on any atom is 0.0135 e. The molecule has 1 unspecified atom stereocenters. The van der Waals surface area contributed by atoms with Gasteiger partial charge in [-0.1, -0.05) is 43.4 Å². The van der Waals surface area contributed by atoms with E-state index in [1.54, 1.807) is 0 Å². The van der Waals surface area contributed by atoms with Gasteiger partial charge in [-0.15, -0.1) is 0 Å². The van der Waals surface area contributed by atoms with E-state index in [0.717, 1.165) is 9.84 Å². The zero-order chi connectivity index (χ0) is 6.57. The van der Waals surface area contributed by atoms with Crippen LogP contribution in [0.1, 0.15) is 27.2 Å². The van der Waals surface area contributed by atoms with Gasteiger partial charge in [0.25, 0.3) is 0 Å². The lowest BCUT2D eigenvalue weighted by molar-refractivity contribution is 0.619. The van der Waals surface area contributed by atoms with Gasteiger partial charge in [-0.25, -0.2) is 0 Å². The molecule has 49 valence electrons. The summed E-state index contributed by atoms with van der Waals surface area (Å²) < 4.78 is 0.831. The van der Waals surface area contributed by atoms with E-state index in [1.807, 2.05) is 0 Å². The Morgan fingerprint density at radius 2 is 2.00 bits per heavy atom. The summed E-state index contributed by atoms with van der Waals surface area (Å²) in [4.78, 5) is 0. The van der Waals surface area contributed by atoms with Gasteiger partial charge in [0, 0.05) is 3.92 Å². The average Bonchev–Trinajstić information content (AvgIpc) is 1.67. The van der Waals surface area contributed by atoms with Crippen LogP contribution in [0.2, 0.25) is 0 Å². The van der Waals surface area contributed by atoms with Crippen LogP contribution in [-0.4, -0.2) is 3.92 Å². The molecule has 0 spiro atoms. The Morgan fingerprint density at radius 3 is 2.12 bits per heavy atom. The van der Waals surface area contributed by atoms with Crippen LogP contribution in [0.15, 0.2) is 0 Å². The molecule has 0 saturated carbocycles. The molecule has 0 bridgehead atoms. The quantitative estimate of drug-likeness (QED) is 0.511. The fourth-order valence-corrected chi connectivity index (χ4v) is 1.01. The lowest BCUT2D eigenvalue weighted by Gasteiger charge is -2.10. The monoisotopic (exact) mass is 225 g/mol. The van der Waals surface area contributed by atoms with Gasteiger partial charge in [-0.3, -0.25) is 0 Å². The zero-order valence-corrected chi connectivity index (χ0v) is 7.97. The van der Waals surface area contributed by atoms with Crippen LogP contribution >= 0.6 is 22.6 Å². The van der Waals surface area contributed by atoms with Gasteiger partial charge in [0.05, 0.1) is 0 Å². The van der Waals surface area contributed by atoms with Gasteiger partial charge >= 0.3 is 0 Å². The summed E-state index contributed by atoms with van der Waals surface area (Å²) in [6, 6.07) is 0. The fraction of sp³-hybridized carbons (Fsp3) is 0.857. The number of rotatable bonds is 3. The lowest BCUT2D eigenvalue weighted by atomic mass is 10.1. The van der Waals surface area contributed by atoms with Crippen molar-refractivity contribution in [1.29, 1.82) is 0 Å². The van der Waals surface area contributed by atoms with Crippen molar-refractivity contribution >= 4 is 22.6 Å². The Hall–Kier alpha value is 0.730. The van der Waals surface area contributed by atoms with Crippen LogP contribution in [0.3, 0.4) is 0 Å². The van der Waals surface area contributed by atoms with Crippen LogP contribution in [0.25, 0.3) is 0 Å². The molecule has 0 aliphatic rings. The summed E-state index contributed by atoms with van der Waals surface area (Å²) in [6.07, 6.45) is 3.48. The molecule has 0 rings (SSSR count). The minimum absolute atomic E-state index is 0.826. The van der Waals surface area contributed by atoms with E-state index in [0.29, 0.717) is 0 Å². The molecule has 0 aliphatic heterocycles. The Balaban J connectivity index is 3.17. The molecule has 0 N–H and O–H groups in total. The molecule has 1 heteroatoms. The molecular weight excluding hydrogens is 211 g/mol. The summed E-state index contributed by atoms with van der Waals surface area (Å²) in [6.45, 7) is 6.65. The van der Waals surface area contributed by atoms with Crippen LogP contribution in [0.5, 0.6) is 0 Å². The second-order valence-corrected chi connectivity index (χ2v) is 4.00. The first-order valence-electron chi connectivity index (χ1n) is 3.10. The first-order chi connectivity index (χ1) is 3.68. The largest absolute Gasteiger partial charge is 0.0823 e. The van der Waals surface area contributed by atoms with Crippen LogP contribution in [-0.2, 0) is 0 Å².